The zero-order valence-corrected chi connectivity index (χ0v) is 16.4. The van der Waals surface area contributed by atoms with E-state index in [1.54, 1.807) is 29.7 Å². The molecule has 0 aliphatic rings. The van der Waals surface area contributed by atoms with Gasteiger partial charge in [0, 0.05) is 35.1 Å². The fourth-order valence-corrected chi connectivity index (χ4v) is 3.04. The standard InChI is InChI=1S/C20H14F6N6O/c21-19(22,23)10-29-18(33)31-16-8-27-15-3-1-11(5-14(15)16)12-6-30-32(9-12)17-4-2-13(7-28-17)20(24,25)26/h1-9,27H,10H2,(H2,29,31,33). The number of alkyl halides is 6. The number of urea groups is 1. The summed E-state index contributed by atoms with van der Waals surface area (Å²) >= 11 is 0. The van der Waals surface area contributed by atoms with Crippen molar-refractivity contribution in [2.45, 2.75) is 12.4 Å². The highest BCUT2D eigenvalue weighted by Gasteiger charge is 2.30. The molecule has 0 bridgehead atoms. The molecule has 0 fully saturated rings. The number of nitrogens with one attached hydrogen (secondary N) is 3. The molecule has 3 aromatic heterocycles. The van der Waals surface area contributed by atoms with E-state index in [4.69, 9.17) is 0 Å². The van der Waals surface area contributed by atoms with Crippen LogP contribution in [0.1, 0.15) is 5.56 Å². The lowest BCUT2D eigenvalue weighted by atomic mass is 10.1. The predicted molar refractivity (Wildman–Crippen MR) is 107 cm³/mol. The van der Waals surface area contributed by atoms with E-state index in [0.717, 1.165) is 6.07 Å². The van der Waals surface area contributed by atoms with Crippen LogP contribution in [0.2, 0.25) is 0 Å². The Bertz CT molecular complexity index is 1290. The van der Waals surface area contributed by atoms with Crippen molar-refractivity contribution in [2.75, 3.05) is 11.9 Å². The number of nitrogens with zero attached hydrogens (tertiary/aromatic N) is 3. The molecule has 0 aliphatic heterocycles. The largest absolute Gasteiger partial charge is 0.417 e. The minimum Gasteiger partial charge on any atom is -0.359 e. The molecule has 0 unspecified atom stereocenters. The van der Waals surface area contributed by atoms with Gasteiger partial charge in [0.05, 0.1) is 17.4 Å². The summed E-state index contributed by atoms with van der Waals surface area (Å²) < 4.78 is 76.3. The average molecular weight is 468 g/mol. The summed E-state index contributed by atoms with van der Waals surface area (Å²) in [6, 6.07) is 6.21. The third-order valence-electron chi connectivity index (χ3n) is 4.61. The molecular formula is C20H14F6N6O. The van der Waals surface area contributed by atoms with Crippen LogP contribution in [0.15, 0.2) is 55.1 Å². The lowest BCUT2D eigenvalue weighted by molar-refractivity contribution is -0.137. The van der Waals surface area contributed by atoms with Crippen LogP contribution in [0.5, 0.6) is 0 Å². The van der Waals surface area contributed by atoms with Crippen LogP contribution in [0.4, 0.5) is 36.8 Å². The van der Waals surface area contributed by atoms with Crippen LogP contribution in [0.3, 0.4) is 0 Å². The topological polar surface area (TPSA) is 87.6 Å². The zero-order chi connectivity index (χ0) is 23.8. The fourth-order valence-electron chi connectivity index (χ4n) is 3.04. The Labute approximate surface area is 181 Å². The summed E-state index contributed by atoms with van der Waals surface area (Å²) in [5, 5.41) is 8.74. The Hall–Kier alpha value is -4.03. The molecule has 3 heterocycles. The van der Waals surface area contributed by atoms with Gasteiger partial charge in [0.2, 0.25) is 0 Å². The van der Waals surface area contributed by atoms with Crippen molar-refractivity contribution in [1.29, 1.82) is 0 Å². The number of halogens is 6. The van der Waals surface area contributed by atoms with Crippen LogP contribution in [-0.4, -0.2) is 38.5 Å². The summed E-state index contributed by atoms with van der Waals surface area (Å²) in [4.78, 5) is 18.5. The maximum absolute atomic E-state index is 12.7. The molecular weight excluding hydrogens is 454 g/mol. The highest BCUT2D eigenvalue weighted by molar-refractivity contribution is 6.02. The smallest absolute Gasteiger partial charge is 0.359 e. The molecule has 0 atom stereocenters. The van der Waals surface area contributed by atoms with Crippen molar-refractivity contribution in [1.82, 2.24) is 25.1 Å². The summed E-state index contributed by atoms with van der Waals surface area (Å²) in [5.74, 6) is 0.181. The number of aromatic nitrogens is 4. The minimum absolute atomic E-state index is 0.181. The van der Waals surface area contributed by atoms with Crippen LogP contribution >= 0.6 is 0 Å². The van der Waals surface area contributed by atoms with Gasteiger partial charge in [-0.3, -0.25) is 0 Å². The van der Waals surface area contributed by atoms with Gasteiger partial charge >= 0.3 is 18.4 Å². The molecule has 172 valence electrons. The van der Waals surface area contributed by atoms with E-state index in [0.29, 0.717) is 28.2 Å². The third kappa shape index (κ3) is 5.07. The van der Waals surface area contributed by atoms with Gasteiger partial charge in [-0.05, 0) is 29.8 Å². The maximum atomic E-state index is 12.7. The van der Waals surface area contributed by atoms with Crippen molar-refractivity contribution < 1.29 is 31.1 Å². The fraction of sp³-hybridized carbons (Fsp3) is 0.150. The number of amides is 2. The van der Waals surface area contributed by atoms with Crippen LogP contribution in [0.25, 0.3) is 27.8 Å². The Kier molecular flexibility index (Phi) is 5.47. The van der Waals surface area contributed by atoms with E-state index in [-0.39, 0.29) is 11.5 Å². The van der Waals surface area contributed by atoms with Crippen LogP contribution < -0.4 is 10.6 Å². The predicted octanol–water partition coefficient (Wildman–Crippen LogP) is 5.12. The number of carbonyl (C=O) groups excluding carboxylic acids is 1. The van der Waals surface area contributed by atoms with Crippen molar-refractivity contribution in [3.8, 4) is 16.9 Å². The number of pyridine rings is 1. The van der Waals surface area contributed by atoms with Gasteiger partial charge in [0.15, 0.2) is 5.82 Å². The Morgan fingerprint density at radius 3 is 2.48 bits per heavy atom. The maximum Gasteiger partial charge on any atom is 0.417 e. The van der Waals surface area contributed by atoms with E-state index in [2.05, 4.69) is 20.4 Å². The van der Waals surface area contributed by atoms with E-state index < -0.39 is 30.5 Å². The van der Waals surface area contributed by atoms with Gasteiger partial charge in [-0.2, -0.15) is 31.4 Å². The molecule has 4 aromatic rings. The highest BCUT2D eigenvalue weighted by Crippen LogP contribution is 2.30. The van der Waals surface area contributed by atoms with Gasteiger partial charge in [-0.1, -0.05) is 6.07 Å². The summed E-state index contributed by atoms with van der Waals surface area (Å²) in [6.07, 6.45) is -3.83. The zero-order valence-electron chi connectivity index (χ0n) is 16.4. The number of aromatic amines is 1. The van der Waals surface area contributed by atoms with Gasteiger partial charge in [0.1, 0.15) is 6.54 Å². The monoisotopic (exact) mass is 468 g/mol. The van der Waals surface area contributed by atoms with Crippen LogP contribution in [0, 0.1) is 0 Å². The van der Waals surface area contributed by atoms with Crippen molar-refractivity contribution in [3.63, 3.8) is 0 Å². The number of rotatable bonds is 4. The number of hydrogen-bond acceptors (Lipinski definition) is 3. The molecule has 0 saturated heterocycles. The summed E-state index contributed by atoms with van der Waals surface area (Å²) in [6.45, 7) is -1.47. The number of H-pyrrole nitrogens is 1. The average Bonchev–Trinajstić information content (AvgIpc) is 3.39. The molecule has 13 heteroatoms. The first kappa shape index (κ1) is 22.2. The Morgan fingerprint density at radius 1 is 1.03 bits per heavy atom. The molecule has 0 aliphatic carbocycles. The highest BCUT2D eigenvalue weighted by atomic mass is 19.4. The van der Waals surface area contributed by atoms with Crippen molar-refractivity contribution in [2.24, 2.45) is 0 Å². The van der Waals surface area contributed by atoms with Gasteiger partial charge in [-0.15, -0.1) is 0 Å². The number of carbonyl (C=O) groups is 1. The number of fused-ring (bicyclic) bond motifs is 1. The number of hydrogen-bond donors (Lipinski definition) is 3. The Balaban J connectivity index is 1.55. The quantitative estimate of drug-likeness (QED) is 0.364. The Morgan fingerprint density at radius 2 is 1.82 bits per heavy atom. The summed E-state index contributed by atoms with van der Waals surface area (Å²) in [5.41, 5.74) is 1.27. The minimum atomic E-state index is -4.53. The van der Waals surface area contributed by atoms with Gasteiger partial charge < -0.3 is 15.6 Å². The molecule has 7 nitrogen and oxygen atoms in total. The summed E-state index contributed by atoms with van der Waals surface area (Å²) in [7, 11) is 0. The van der Waals surface area contributed by atoms with Gasteiger partial charge in [-0.25, -0.2) is 14.5 Å². The van der Waals surface area contributed by atoms with Crippen molar-refractivity contribution in [3.05, 3.63) is 60.7 Å². The lowest BCUT2D eigenvalue weighted by Crippen LogP contribution is -2.36. The first-order valence-electron chi connectivity index (χ1n) is 9.31. The number of benzene rings is 1. The number of anilines is 1. The molecule has 2 amide bonds. The van der Waals surface area contributed by atoms with E-state index in [1.807, 2.05) is 0 Å². The first-order valence-corrected chi connectivity index (χ1v) is 9.31. The SMILES string of the molecule is O=C(NCC(F)(F)F)Nc1c[nH]c2ccc(-c3cnn(-c4ccc(C(F)(F)F)cn4)c3)cc12. The molecule has 1 aromatic carbocycles. The molecule has 3 N–H and O–H groups in total. The second kappa shape index (κ2) is 8.15. The van der Waals surface area contributed by atoms with E-state index >= 15 is 0 Å². The second-order valence-corrected chi connectivity index (χ2v) is 6.96. The molecule has 0 spiro atoms. The van der Waals surface area contributed by atoms with Gasteiger partial charge in [0.25, 0.3) is 0 Å². The molecule has 0 saturated carbocycles. The molecule has 4 rings (SSSR count). The lowest BCUT2D eigenvalue weighted by Gasteiger charge is -2.09. The third-order valence-corrected chi connectivity index (χ3v) is 4.61. The van der Waals surface area contributed by atoms with E-state index in [9.17, 15) is 31.1 Å². The first-order chi connectivity index (χ1) is 15.5. The normalized spacial score (nSPS) is 12.2. The molecule has 33 heavy (non-hydrogen) atoms. The van der Waals surface area contributed by atoms with Crippen LogP contribution in [-0.2, 0) is 6.18 Å². The second-order valence-electron chi connectivity index (χ2n) is 6.96. The molecule has 0 radical (unpaired) electrons. The van der Waals surface area contributed by atoms with E-state index in [1.165, 1.54) is 23.1 Å². The van der Waals surface area contributed by atoms with Crippen molar-refractivity contribution >= 4 is 22.6 Å².